The second-order valence-electron chi connectivity index (χ2n) is 4.29. The Kier molecular flexibility index (Phi) is 5.40. The van der Waals surface area contributed by atoms with Crippen LogP contribution in [0.5, 0.6) is 5.75 Å². The Balaban J connectivity index is 2.18. The average molecular weight is 359 g/mol. The van der Waals surface area contributed by atoms with Gasteiger partial charge in [-0.1, -0.05) is 45.7 Å². The van der Waals surface area contributed by atoms with Gasteiger partial charge in [0.1, 0.15) is 6.61 Å². The van der Waals surface area contributed by atoms with Crippen molar-refractivity contribution < 1.29 is 9.13 Å². The molecule has 0 aliphatic rings. The third kappa shape index (κ3) is 3.72. The van der Waals surface area contributed by atoms with Gasteiger partial charge in [-0.2, -0.15) is 0 Å². The van der Waals surface area contributed by atoms with Crippen molar-refractivity contribution in [3.8, 4) is 5.75 Å². The van der Waals surface area contributed by atoms with Crippen LogP contribution < -0.4 is 10.5 Å². The van der Waals surface area contributed by atoms with Gasteiger partial charge >= 0.3 is 0 Å². The molecule has 20 heavy (non-hydrogen) atoms. The van der Waals surface area contributed by atoms with E-state index in [9.17, 15) is 4.39 Å². The number of hydrogen-bond acceptors (Lipinski definition) is 2. The van der Waals surface area contributed by atoms with Gasteiger partial charge in [0.25, 0.3) is 0 Å². The molecule has 0 spiro atoms. The van der Waals surface area contributed by atoms with Crippen molar-refractivity contribution in [1.29, 1.82) is 0 Å². The minimum absolute atomic E-state index is 0.213. The molecule has 0 aliphatic heterocycles. The number of nitrogens with two attached hydrogens (primary N) is 1. The normalized spacial score (nSPS) is 10.6. The Hall–Kier alpha value is -1.10. The summed E-state index contributed by atoms with van der Waals surface area (Å²) >= 11 is 9.45. The first kappa shape index (κ1) is 15.3. The minimum atomic E-state index is -0.385. The zero-order chi connectivity index (χ0) is 14.5. The van der Waals surface area contributed by atoms with Crippen molar-refractivity contribution >= 4 is 27.5 Å². The minimum Gasteiger partial charge on any atom is -0.485 e. The number of halogens is 3. The van der Waals surface area contributed by atoms with Gasteiger partial charge in [-0.05, 0) is 36.7 Å². The van der Waals surface area contributed by atoms with Crippen molar-refractivity contribution in [3.05, 3.63) is 62.8 Å². The van der Waals surface area contributed by atoms with E-state index in [1.807, 2.05) is 18.2 Å². The third-order valence-corrected chi connectivity index (χ3v) is 3.69. The first-order valence-electron chi connectivity index (χ1n) is 6.16. The van der Waals surface area contributed by atoms with Crippen LogP contribution in [0.4, 0.5) is 4.39 Å². The smallest absolute Gasteiger partial charge is 0.165 e. The summed E-state index contributed by atoms with van der Waals surface area (Å²) in [7, 11) is 0. The maximum atomic E-state index is 13.8. The molecule has 0 radical (unpaired) electrons. The second kappa shape index (κ2) is 7.07. The van der Waals surface area contributed by atoms with Gasteiger partial charge in [-0.3, -0.25) is 0 Å². The van der Waals surface area contributed by atoms with Gasteiger partial charge in [0.15, 0.2) is 11.6 Å². The highest BCUT2D eigenvalue weighted by Crippen LogP contribution is 2.26. The standard InChI is InChI=1S/C15H14BrClFNO/c16-12-5-4-11(13(17)8-12)9-20-15-10(6-7-19)2-1-3-14(15)18/h1-5,8H,6-7,9,19H2. The molecule has 2 aromatic carbocycles. The zero-order valence-corrected chi connectivity index (χ0v) is 13.0. The molecule has 0 saturated heterocycles. The summed E-state index contributed by atoms with van der Waals surface area (Å²) in [6, 6.07) is 10.3. The fourth-order valence-corrected chi connectivity index (χ4v) is 2.58. The van der Waals surface area contributed by atoms with E-state index in [1.165, 1.54) is 6.07 Å². The maximum Gasteiger partial charge on any atom is 0.165 e. The van der Waals surface area contributed by atoms with E-state index in [1.54, 1.807) is 12.1 Å². The highest BCUT2D eigenvalue weighted by Gasteiger charge is 2.10. The summed E-state index contributed by atoms with van der Waals surface area (Å²) in [6.07, 6.45) is 0.571. The lowest BCUT2D eigenvalue weighted by Gasteiger charge is -2.13. The molecule has 2 N–H and O–H groups in total. The van der Waals surface area contributed by atoms with E-state index in [0.717, 1.165) is 15.6 Å². The van der Waals surface area contributed by atoms with Gasteiger partial charge in [0.05, 0.1) is 0 Å². The maximum absolute atomic E-state index is 13.8. The Morgan fingerprint density at radius 3 is 2.70 bits per heavy atom. The van der Waals surface area contributed by atoms with Gasteiger partial charge in [0.2, 0.25) is 0 Å². The van der Waals surface area contributed by atoms with Gasteiger partial charge in [0, 0.05) is 15.1 Å². The number of benzene rings is 2. The quantitative estimate of drug-likeness (QED) is 0.864. The monoisotopic (exact) mass is 357 g/mol. The molecule has 0 saturated carbocycles. The third-order valence-electron chi connectivity index (χ3n) is 2.85. The van der Waals surface area contributed by atoms with E-state index >= 15 is 0 Å². The average Bonchev–Trinajstić information content (AvgIpc) is 2.40. The van der Waals surface area contributed by atoms with Crippen molar-refractivity contribution in [3.63, 3.8) is 0 Å². The van der Waals surface area contributed by atoms with Crippen molar-refractivity contribution in [2.75, 3.05) is 6.54 Å². The van der Waals surface area contributed by atoms with Crippen molar-refractivity contribution in [1.82, 2.24) is 0 Å². The topological polar surface area (TPSA) is 35.2 Å². The summed E-state index contributed by atoms with van der Waals surface area (Å²) < 4.78 is 20.3. The molecule has 106 valence electrons. The molecule has 0 aromatic heterocycles. The number of ether oxygens (including phenoxy) is 1. The van der Waals surface area contributed by atoms with Crippen LogP contribution in [0.25, 0.3) is 0 Å². The molecule has 0 amide bonds. The molecular weight excluding hydrogens is 345 g/mol. The van der Waals surface area contributed by atoms with Crippen LogP contribution in [0.2, 0.25) is 5.02 Å². The van der Waals surface area contributed by atoms with Gasteiger partial charge in [-0.25, -0.2) is 4.39 Å². The lowest BCUT2D eigenvalue weighted by molar-refractivity contribution is 0.287. The predicted molar refractivity (Wildman–Crippen MR) is 82.6 cm³/mol. The van der Waals surface area contributed by atoms with Gasteiger partial charge < -0.3 is 10.5 Å². The summed E-state index contributed by atoms with van der Waals surface area (Å²) in [5, 5.41) is 0.580. The van der Waals surface area contributed by atoms with Crippen LogP contribution in [-0.4, -0.2) is 6.54 Å². The zero-order valence-electron chi connectivity index (χ0n) is 10.7. The highest BCUT2D eigenvalue weighted by molar-refractivity contribution is 9.10. The SMILES string of the molecule is NCCc1cccc(F)c1OCc1ccc(Br)cc1Cl. The molecular formula is C15H14BrClFNO. The van der Waals surface area contributed by atoms with Crippen LogP contribution in [0.1, 0.15) is 11.1 Å². The summed E-state index contributed by atoms with van der Waals surface area (Å²) in [5.74, 6) is -0.138. The second-order valence-corrected chi connectivity index (χ2v) is 5.61. The van der Waals surface area contributed by atoms with E-state index in [-0.39, 0.29) is 18.2 Å². The number of hydrogen-bond donors (Lipinski definition) is 1. The van der Waals surface area contributed by atoms with Crippen molar-refractivity contribution in [2.45, 2.75) is 13.0 Å². The Labute approximate surface area is 130 Å². The molecule has 0 unspecified atom stereocenters. The lowest BCUT2D eigenvalue weighted by atomic mass is 10.1. The summed E-state index contributed by atoms with van der Waals surface area (Å²) in [5.41, 5.74) is 7.09. The first-order chi connectivity index (χ1) is 9.61. The summed E-state index contributed by atoms with van der Waals surface area (Å²) in [6.45, 7) is 0.656. The molecule has 0 aliphatic carbocycles. The molecule has 2 aromatic rings. The highest BCUT2D eigenvalue weighted by atomic mass is 79.9. The molecule has 2 nitrogen and oxygen atoms in total. The largest absolute Gasteiger partial charge is 0.485 e. The summed E-state index contributed by atoms with van der Waals surface area (Å²) in [4.78, 5) is 0. The van der Waals surface area contributed by atoms with Crippen LogP contribution in [0, 0.1) is 5.82 Å². The molecule has 0 atom stereocenters. The van der Waals surface area contributed by atoms with Crippen LogP contribution in [-0.2, 0) is 13.0 Å². The van der Waals surface area contributed by atoms with Crippen LogP contribution in [0.15, 0.2) is 40.9 Å². The van der Waals surface area contributed by atoms with Gasteiger partial charge in [-0.15, -0.1) is 0 Å². The van der Waals surface area contributed by atoms with E-state index in [4.69, 9.17) is 22.1 Å². The Morgan fingerprint density at radius 1 is 1.20 bits per heavy atom. The fraction of sp³-hybridized carbons (Fsp3) is 0.200. The van der Waals surface area contributed by atoms with Crippen LogP contribution >= 0.6 is 27.5 Å². The lowest BCUT2D eigenvalue weighted by Crippen LogP contribution is -2.07. The number of para-hydroxylation sites is 1. The molecule has 0 heterocycles. The van der Waals surface area contributed by atoms with E-state index in [0.29, 0.717) is 18.0 Å². The number of rotatable bonds is 5. The van der Waals surface area contributed by atoms with Crippen LogP contribution in [0.3, 0.4) is 0 Å². The van der Waals surface area contributed by atoms with Crippen molar-refractivity contribution in [2.24, 2.45) is 5.73 Å². The Bertz CT molecular complexity index is 606. The Morgan fingerprint density at radius 2 is 2.00 bits per heavy atom. The van der Waals surface area contributed by atoms with E-state index in [2.05, 4.69) is 15.9 Å². The predicted octanol–water partition coefficient (Wildman–Crippen LogP) is 4.32. The fourth-order valence-electron chi connectivity index (χ4n) is 1.86. The molecule has 0 bridgehead atoms. The molecule has 0 fully saturated rings. The molecule has 5 heteroatoms. The molecule has 2 rings (SSSR count). The van der Waals surface area contributed by atoms with E-state index < -0.39 is 0 Å². The first-order valence-corrected chi connectivity index (χ1v) is 7.33.